The van der Waals surface area contributed by atoms with Crippen LogP contribution in [0.15, 0.2) is 0 Å². The number of nitrogen functional groups attached to an aromatic ring is 1. The third-order valence-electron chi connectivity index (χ3n) is 3.40. The van der Waals surface area contributed by atoms with E-state index in [4.69, 9.17) is 5.73 Å². The summed E-state index contributed by atoms with van der Waals surface area (Å²) in [4.78, 5) is 13.7. The first-order chi connectivity index (χ1) is 8.95. The van der Waals surface area contributed by atoms with E-state index in [2.05, 4.69) is 24.3 Å². The molecule has 104 valence electrons. The van der Waals surface area contributed by atoms with Crippen molar-refractivity contribution in [3.05, 3.63) is 10.6 Å². The summed E-state index contributed by atoms with van der Waals surface area (Å²) in [5.74, 6) is 0.390. The Kier molecular flexibility index (Phi) is 3.80. The second-order valence-corrected chi connectivity index (χ2v) is 5.96. The highest BCUT2D eigenvalue weighted by Crippen LogP contribution is 2.35. The highest BCUT2D eigenvalue weighted by Gasteiger charge is 2.20. The van der Waals surface area contributed by atoms with Gasteiger partial charge >= 0.3 is 0 Å². The average molecular weight is 280 g/mol. The van der Waals surface area contributed by atoms with Gasteiger partial charge in [-0.25, -0.2) is 0 Å². The molecule has 0 radical (unpaired) electrons. The molecule has 1 unspecified atom stereocenters. The van der Waals surface area contributed by atoms with Crippen molar-refractivity contribution in [1.29, 1.82) is 0 Å². The van der Waals surface area contributed by atoms with Gasteiger partial charge in [-0.1, -0.05) is 20.3 Å². The molecule has 0 aromatic carbocycles. The fourth-order valence-corrected chi connectivity index (χ4v) is 3.09. The minimum atomic E-state index is -0.0848. The predicted octanol–water partition coefficient (Wildman–Crippen LogP) is 2.30. The van der Waals surface area contributed by atoms with Crippen LogP contribution in [0.1, 0.15) is 35.6 Å². The van der Waals surface area contributed by atoms with Crippen LogP contribution >= 0.6 is 11.3 Å². The maximum atomic E-state index is 12.2. The van der Waals surface area contributed by atoms with Gasteiger partial charge in [0.15, 0.2) is 0 Å². The standard InChI is InChI=1S/C13H20N4OS/c1-5-7(2)6-15-12(18)11-10(14)9-8(3)16-17(4)13(9)19-11/h7H,5-6,14H2,1-4H3,(H,15,18). The van der Waals surface area contributed by atoms with Crippen molar-refractivity contribution in [2.24, 2.45) is 13.0 Å². The highest BCUT2D eigenvalue weighted by atomic mass is 32.1. The van der Waals surface area contributed by atoms with Crippen molar-refractivity contribution in [2.45, 2.75) is 27.2 Å². The molecule has 2 heterocycles. The summed E-state index contributed by atoms with van der Waals surface area (Å²) >= 11 is 1.40. The van der Waals surface area contributed by atoms with E-state index in [1.54, 1.807) is 4.68 Å². The fourth-order valence-electron chi connectivity index (χ4n) is 1.99. The Balaban J connectivity index is 2.28. The summed E-state index contributed by atoms with van der Waals surface area (Å²) in [5, 5.41) is 8.16. The number of hydrogen-bond donors (Lipinski definition) is 2. The fraction of sp³-hybridized carbons (Fsp3) is 0.538. The third-order valence-corrected chi connectivity index (χ3v) is 4.67. The van der Waals surface area contributed by atoms with Crippen molar-refractivity contribution in [2.75, 3.05) is 12.3 Å². The molecule has 2 aromatic rings. The number of nitrogens with one attached hydrogen (secondary N) is 1. The number of nitrogens with zero attached hydrogens (tertiary/aromatic N) is 2. The molecule has 2 aromatic heterocycles. The monoisotopic (exact) mass is 280 g/mol. The van der Waals surface area contributed by atoms with Gasteiger partial charge in [-0.2, -0.15) is 5.10 Å². The zero-order valence-corrected chi connectivity index (χ0v) is 12.6. The number of carbonyl (C=O) groups excluding carboxylic acids is 1. The number of aryl methyl sites for hydroxylation is 2. The number of aromatic nitrogens is 2. The van der Waals surface area contributed by atoms with Crippen LogP contribution in [-0.2, 0) is 7.05 Å². The van der Waals surface area contributed by atoms with E-state index in [1.807, 2.05) is 14.0 Å². The molecular formula is C13H20N4OS. The maximum Gasteiger partial charge on any atom is 0.263 e. The molecule has 19 heavy (non-hydrogen) atoms. The molecule has 3 N–H and O–H groups in total. The minimum Gasteiger partial charge on any atom is -0.397 e. The van der Waals surface area contributed by atoms with Gasteiger partial charge in [-0.05, 0) is 12.8 Å². The zero-order valence-electron chi connectivity index (χ0n) is 11.8. The van der Waals surface area contributed by atoms with Gasteiger partial charge in [-0.15, -0.1) is 11.3 Å². The van der Waals surface area contributed by atoms with Crippen LogP contribution in [0, 0.1) is 12.8 Å². The maximum absolute atomic E-state index is 12.2. The van der Waals surface area contributed by atoms with Gasteiger partial charge in [0.25, 0.3) is 5.91 Å². The Labute approximate surface area is 116 Å². The molecule has 1 atom stereocenters. The molecule has 1 amide bonds. The van der Waals surface area contributed by atoms with Crippen LogP contribution in [0.25, 0.3) is 10.2 Å². The molecule has 0 saturated heterocycles. The summed E-state index contributed by atoms with van der Waals surface area (Å²) < 4.78 is 1.77. The lowest BCUT2D eigenvalue weighted by Gasteiger charge is -2.09. The average Bonchev–Trinajstić information content (AvgIpc) is 2.86. The Hall–Kier alpha value is -1.56. The molecule has 2 rings (SSSR count). The van der Waals surface area contributed by atoms with E-state index in [0.29, 0.717) is 23.0 Å². The van der Waals surface area contributed by atoms with Crippen LogP contribution in [-0.4, -0.2) is 22.2 Å². The normalized spacial score (nSPS) is 12.8. The van der Waals surface area contributed by atoms with E-state index in [1.165, 1.54) is 11.3 Å². The van der Waals surface area contributed by atoms with Gasteiger partial charge in [0.05, 0.1) is 16.8 Å². The van der Waals surface area contributed by atoms with Crippen molar-refractivity contribution < 1.29 is 4.79 Å². The second kappa shape index (κ2) is 5.21. The molecule has 0 spiro atoms. The van der Waals surface area contributed by atoms with Crippen LogP contribution in [0.2, 0.25) is 0 Å². The minimum absolute atomic E-state index is 0.0848. The van der Waals surface area contributed by atoms with Crippen LogP contribution in [0.5, 0.6) is 0 Å². The number of amides is 1. The highest BCUT2D eigenvalue weighted by molar-refractivity contribution is 7.21. The quantitative estimate of drug-likeness (QED) is 0.902. The number of nitrogens with two attached hydrogens (primary N) is 1. The van der Waals surface area contributed by atoms with Gasteiger partial charge in [-0.3, -0.25) is 9.48 Å². The van der Waals surface area contributed by atoms with Gasteiger partial charge in [0.2, 0.25) is 0 Å². The van der Waals surface area contributed by atoms with Crippen molar-refractivity contribution in [3.63, 3.8) is 0 Å². The number of rotatable bonds is 4. The number of carbonyl (C=O) groups is 1. The largest absolute Gasteiger partial charge is 0.397 e. The lowest BCUT2D eigenvalue weighted by molar-refractivity contribution is 0.0953. The topological polar surface area (TPSA) is 72.9 Å². The van der Waals surface area contributed by atoms with Gasteiger partial charge < -0.3 is 11.1 Å². The molecule has 5 nitrogen and oxygen atoms in total. The molecule has 0 aliphatic carbocycles. The molecule has 6 heteroatoms. The lowest BCUT2D eigenvalue weighted by Crippen LogP contribution is -2.27. The Morgan fingerprint density at radius 2 is 2.26 bits per heavy atom. The number of hydrogen-bond acceptors (Lipinski definition) is 4. The molecule has 0 fully saturated rings. The second-order valence-electron chi connectivity index (χ2n) is 4.96. The molecular weight excluding hydrogens is 260 g/mol. The van der Waals surface area contributed by atoms with E-state index in [9.17, 15) is 4.79 Å². The molecule has 0 saturated carbocycles. The first-order valence-electron chi connectivity index (χ1n) is 6.45. The molecule has 0 aliphatic rings. The van der Waals surface area contributed by atoms with Crippen LogP contribution in [0.4, 0.5) is 5.69 Å². The van der Waals surface area contributed by atoms with Crippen molar-refractivity contribution in [1.82, 2.24) is 15.1 Å². The smallest absolute Gasteiger partial charge is 0.263 e. The Morgan fingerprint density at radius 1 is 1.58 bits per heavy atom. The summed E-state index contributed by atoms with van der Waals surface area (Å²) in [5.41, 5.74) is 7.51. The number of anilines is 1. The molecule has 0 bridgehead atoms. The lowest BCUT2D eigenvalue weighted by atomic mass is 10.1. The van der Waals surface area contributed by atoms with E-state index in [0.717, 1.165) is 22.3 Å². The SMILES string of the molecule is CCC(C)CNC(=O)c1sc2c(c(C)nn2C)c1N. The van der Waals surface area contributed by atoms with Crippen LogP contribution < -0.4 is 11.1 Å². The van der Waals surface area contributed by atoms with Crippen LogP contribution in [0.3, 0.4) is 0 Å². The van der Waals surface area contributed by atoms with E-state index < -0.39 is 0 Å². The van der Waals surface area contributed by atoms with E-state index in [-0.39, 0.29) is 5.91 Å². The summed E-state index contributed by atoms with van der Waals surface area (Å²) in [6, 6.07) is 0. The number of fused-ring (bicyclic) bond motifs is 1. The van der Waals surface area contributed by atoms with Gasteiger partial charge in [0.1, 0.15) is 9.71 Å². The molecule has 0 aliphatic heterocycles. The van der Waals surface area contributed by atoms with Crippen molar-refractivity contribution >= 4 is 33.1 Å². The predicted molar refractivity (Wildman–Crippen MR) is 79.5 cm³/mol. The van der Waals surface area contributed by atoms with Crippen molar-refractivity contribution in [3.8, 4) is 0 Å². The van der Waals surface area contributed by atoms with E-state index >= 15 is 0 Å². The Bertz CT molecular complexity index is 614. The summed E-state index contributed by atoms with van der Waals surface area (Å²) in [6.07, 6.45) is 1.05. The third kappa shape index (κ3) is 2.45. The first kappa shape index (κ1) is 13.9. The summed E-state index contributed by atoms with van der Waals surface area (Å²) in [7, 11) is 1.87. The zero-order chi connectivity index (χ0) is 14.2. The summed E-state index contributed by atoms with van der Waals surface area (Å²) in [6.45, 7) is 6.81. The Morgan fingerprint density at radius 3 is 2.84 bits per heavy atom. The van der Waals surface area contributed by atoms with Gasteiger partial charge in [0, 0.05) is 13.6 Å². The first-order valence-corrected chi connectivity index (χ1v) is 7.27. The number of thiophene rings is 1.